The van der Waals surface area contributed by atoms with E-state index in [1.807, 2.05) is 0 Å². The van der Waals surface area contributed by atoms with Crippen LogP contribution in [0.2, 0.25) is 0 Å². The number of piperidine rings is 1. The topological polar surface area (TPSA) is 102 Å². The Bertz CT molecular complexity index is 828. The van der Waals surface area contributed by atoms with Crippen molar-refractivity contribution in [1.29, 1.82) is 0 Å². The summed E-state index contributed by atoms with van der Waals surface area (Å²) in [6.45, 7) is 8.97. The lowest BCUT2D eigenvalue weighted by Gasteiger charge is -2.38. The summed E-state index contributed by atoms with van der Waals surface area (Å²) in [5.41, 5.74) is 6.86. The van der Waals surface area contributed by atoms with Crippen molar-refractivity contribution in [2.24, 2.45) is 0 Å². The summed E-state index contributed by atoms with van der Waals surface area (Å²) < 4.78 is 7.27. The number of aryl methyl sites for hydroxylation is 1. The fraction of sp³-hybridized carbons (Fsp3) is 0.750. The normalized spacial score (nSPS) is 18.2. The number of imidazole rings is 1. The van der Waals surface area contributed by atoms with Gasteiger partial charge in [-0.05, 0) is 52.5 Å². The van der Waals surface area contributed by atoms with Crippen molar-refractivity contribution >= 4 is 17.0 Å². The Morgan fingerprint density at radius 1 is 1.29 bits per heavy atom. The Labute approximate surface area is 166 Å². The van der Waals surface area contributed by atoms with Crippen molar-refractivity contribution in [3.63, 3.8) is 0 Å². The quantitative estimate of drug-likeness (QED) is 0.638. The first kappa shape index (κ1) is 20.6. The molecule has 0 radical (unpaired) electrons. The van der Waals surface area contributed by atoms with Crippen LogP contribution in [0.4, 0.5) is 5.82 Å². The van der Waals surface area contributed by atoms with Gasteiger partial charge in [0.1, 0.15) is 5.52 Å². The molecule has 1 aliphatic rings. The van der Waals surface area contributed by atoms with E-state index in [9.17, 15) is 4.79 Å². The summed E-state index contributed by atoms with van der Waals surface area (Å²) in [6, 6.07) is 1.41. The van der Waals surface area contributed by atoms with E-state index < -0.39 is 0 Å². The largest absolute Gasteiger partial charge is 0.463 e. The molecule has 0 spiro atoms. The van der Waals surface area contributed by atoms with Crippen molar-refractivity contribution in [2.45, 2.75) is 84.3 Å². The number of likely N-dealkylation sites (tertiary alicyclic amines) is 1. The average Bonchev–Trinajstić information content (AvgIpc) is 2.99. The molecule has 1 aliphatic heterocycles. The molecule has 156 valence electrons. The van der Waals surface area contributed by atoms with E-state index in [-0.39, 0.29) is 17.5 Å². The number of hydrogen-bond acceptors (Lipinski definition) is 6. The van der Waals surface area contributed by atoms with Gasteiger partial charge in [0.25, 0.3) is 0 Å². The lowest BCUT2D eigenvalue weighted by molar-refractivity contribution is 0.103. The summed E-state index contributed by atoms with van der Waals surface area (Å²) in [4.78, 5) is 26.5. The van der Waals surface area contributed by atoms with Crippen LogP contribution in [0.1, 0.15) is 65.7 Å². The molecule has 8 nitrogen and oxygen atoms in total. The van der Waals surface area contributed by atoms with Crippen molar-refractivity contribution in [2.75, 3.05) is 18.9 Å². The molecule has 2 aromatic rings. The summed E-state index contributed by atoms with van der Waals surface area (Å²) >= 11 is 0. The Morgan fingerprint density at radius 3 is 2.86 bits per heavy atom. The van der Waals surface area contributed by atoms with Crippen LogP contribution in [0.5, 0.6) is 6.01 Å². The fourth-order valence-electron chi connectivity index (χ4n) is 4.11. The first-order valence-electron chi connectivity index (χ1n) is 10.7. The highest BCUT2D eigenvalue weighted by Crippen LogP contribution is 2.24. The SMILES string of the molecule is CCCCOc1nc(N)c2[nH]c(=O)n(CCCC3CCCCN3C(C)C)c2n1. The van der Waals surface area contributed by atoms with Gasteiger partial charge in [-0.2, -0.15) is 9.97 Å². The lowest BCUT2D eigenvalue weighted by atomic mass is 9.96. The van der Waals surface area contributed by atoms with Crippen molar-refractivity contribution in [3.8, 4) is 6.01 Å². The zero-order valence-corrected chi connectivity index (χ0v) is 17.4. The third-order valence-corrected chi connectivity index (χ3v) is 5.61. The molecule has 1 saturated heterocycles. The number of anilines is 1. The van der Waals surface area contributed by atoms with Gasteiger partial charge in [0.05, 0.1) is 6.61 Å². The van der Waals surface area contributed by atoms with Crippen LogP contribution >= 0.6 is 0 Å². The van der Waals surface area contributed by atoms with Crippen LogP contribution in [-0.2, 0) is 6.54 Å². The van der Waals surface area contributed by atoms with E-state index in [0.29, 0.717) is 36.4 Å². The van der Waals surface area contributed by atoms with Gasteiger partial charge in [-0.15, -0.1) is 0 Å². The minimum absolute atomic E-state index is 0.189. The number of aromatic nitrogens is 4. The van der Waals surface area contributed by atoms with E-state index >= 15 is 0 Å². The van der Waals surface area contributed by atoms with Crippen molar-refractivity contribution in [3.05, 3.63) is 10.5 Å². The number of ether oxygens (including phenoxy) is 1. The van der Waals surface area contributed by atoms with E-state index in [4.69, 9.17) is 10.5 Å². The van der Waals surface area contributed by atoms with Crippen LogP contribution < -0.4 is 16.2 Å². The monoisotopic (exact) mass is 390 g/mol. The predicted molar refractivity (Wildman–Crippen MR) is 112 cm³/mol. The number of nitrogens with zero attached hydrogens (tertiary/aromatic N) is 4. The van der Waals surface area contributed by atoms with Gasteiger partial charge in [0, 0.05) is 18.6 Å². The number of unbranched alkanes of at least 4 members (excludes halogenated alkanes) is 1. The van der Waals surface area contributed by atoms with Crippen LogP contribution in [0.15, 0.2) is 4.79 Å². The highest BCUT2D eigenvalue weighted by Gasteiger charge is 2.24. The number of nitrogens with two attached hydrogens (primary N) is 1. The first-order chi connectivity index (χ1) is 13.5. The molecular weight excluding hydrogens is 356 g/mol. The Kier molecular flexibility index (Phi) is 6.93. The third-order valence-electron chi connectivity index (χ3n) is 5.61. The maximum Gasteiger partial charge on any atom is 0.327 e. The predicted octanol–water partition coefficient (Wildman–Crippen LogP) is 2.92. The zero-order valence-electron chi connectivity index (χ0n) is 17.4. The maximum atomic E-state index is 12.5. The van der Waals surface area contributed by atoms with E-state index in [1.165, 1.54) is 25.8 Å². The second-order valence-electron chi connectivity index (χ2n) is 8.00. The molecule has 1 unspecified atom stereocenters. The number of rotatable bonds is 9. The zero-order chi connectivity index (χ0) is 20.1. The van der Waals surface area contributed by atoms with E-state index in [2.05, 4.69) is 40.6 Å². The molecular formula is C20H34N6O2. The Morgan fingerprint density at radius 2 is 2.11 bits per heavy atom. The second-order valence-corrected chi connectivity index (χ2v) is 8.00. The Balaban J connectivity index is 1.71. The molecule has 0 bridgehead atoms. The smallest absolute Gasteiger partial charge is 0.327 e. The van der Waals surface area contributed by atoms with Gasteiger partial charge in [-0.25, -0.2) is 4.79 Å². The van der Waals surface area contributed by atoms with Crippen LogP contribution in [0.25, 0.3) is 11.2 Å². The van der Waals surface area contributed by atoms with Gasteiger partial charge >= 0.3 is 11.7 Å². The molecule has 0 saturated carbocycles. The highest BCUT2D eigenvalue weighted by molar-refractivity contribution is 5.81. The molecule has 1 fully saturated rings. The maximum absolute atomic E-state index is 12.5. The summed E-state index contributed by atoms with van der Waals surface area (Å²) in [5, 5.41) is 0. The molecule has 8 heteroatoms. The number of nitrogens with one attached hydrogen (secondary N) is 1. The van der Waals surface area contributed by atoms with Crippen LogP contribution in [0, 0.1) is 0 Å². The molecule has 0 aliphatic carbocycles. The number of hydrogen-bond donors (Lipinski definition) is 2. The third kappa shape index (κ3) is 4.66. The molecule has 28 heavy (non-hydrogen) atoms. The van der Waals surface area contributed by atoms with Gasteiger partial charge in [-0.3, -0.25) is 9.47 Å². The van der Waals surface area contributed by atoms with Gasteiger partial charge in [0.2, 0.25) is 0 Å². The second kappa shape index (κ2) is 9.41. The number of fused-ring (bicyclic) bond motifs is 1. The van der Waals surface area contributed by atoms with Crippen molar-refractivity contribution in [1.82, 2.24) is 24.4 Å². The molecule has 3 rings (SSSR count). The summed E-state index contributed by atoms with van der Waals surface area (Å²) in [5.74, 6) is 0.255. The molecule has 0 aromatic carbocycles. The molecule has 2 aromatic heterocycles. The molecule has 0 amide bonds. The van der Waals surface area contributed by atoms with Crippen molar-refractivity contribution < 1.29 is 4.74 Å². The minimum atomic E-state index is -0.189. The lowest BCUT2D eigenvalue weighted by Crippen LogP contribution is -2.43. The average molecular weight is 391 g/mol. The number of aromatic amines is 1. The highest BCUT2D eigenvalue weighted by atomic mass is 16.5. The Hall–Kier alpha value is -2.09. The van der Waals surface area contributed by atoms with Gasteiger partial charge in [0.15, 0.2) is 11.5 Å². The van der Waals surface area contributed by atoms with Crippen LogP contribution in [0.3, 0.4) is 0 Å². The van der Waals surface area contributed by atoms with Gasteiger partial charge in [-0.1, -0.05) is 19.8 Å². The number of nitrogen functional groups attached to an aromatic ring is 1. The minimum Gasteiger partial charge on any atom is -0.463 e. The van der Waals surface area contributed by atoms with E-state index in [0.717, 1.165) is 25.7 Å². The first-order valence-corrected chi connectivity index (χ1v) is 10.7. The summed E-state index contributed by atoms with van der Waals surface area (Å²) in [7, 11) is 0. The molecule has 1 atom stereocenters. The standard InChI is InChI=1S/C20H34N6O2/c1-4-5-13-28-19-23-17(21)16-18(24-19)26(20(27)22-16)12-8-10-15-9-6-7-11-25(15)14(2)3/h14-15H,4-13H2,1-3H3,(H,22,27)(H2,21,23,24). The number of H-pyrrole nitrogens is 1. The van der Waals surface area contributed by atoms with Crippen LogP contribution in [-0.4, -0.2) is 49.7 Å². The van der Waals surface area contributed by atoms with Gasteiger partial charge < -0.3 is 15.5 Å². The molecule has 3 heterocycles. The molecule has 3 N–H and O–H groups in total. The fourth-order valence-corrected chi connectivity index (χ4v) is 4.11. The summed E-state index contributed by atoms with van der Waals surface area (Å²) in [6.07, 6.45) is 7.78. The van der Waals surface area contributed by atoms with E-state index in [1.54, 1.807) is 4.57 Å².